The van der Waals surface area contributed by atoms with Crippen LogP contribution in [0.4, 0.5) is 10.5 Å². The second kappa shape index (κ2) is 9.38. The molecule has 0 spiro atoms. The van der Waals surface area contributed by atoms with E-state index in [1.54, 1.807) is 30.3 Å². The van der Waals surface area contributed by atoms with Gasteiger partial charge in [0.25, 0.3) is 11.8 Å². The molecule has 0 bridgehead atoms. The Morgan fingerprint density at radius 1 is 0.844 bits per heavy atom. The van der Waals surface area contributed by atoms with Gasteiger partial charge in [0, 0.05) is 14.8 Å². The highest BCUT2D eigenvalue weighted by Gasteiger charge is 2.38. The highest BCUT2D eigenvalue weighted by molar-refractivity contribution is 7.99. The maximum Gasteiger partial charge on any atom is 0.336 e. The van der Waals surface area contributed by atoms with Crippen LogP contribution in [0.5, 0.6) is 0 Å². The molecule has 1 N–H and O–H groups in total. The molecule has 1 saturated heterocycles. The largest absolute Gasteiger partial charge is 0.336 e. The number of nitrogens with one attached hydrogen (secondary N) is 1. The Morgan fingerprint density at radius 2 is 1.56 bits per heavy atom. The molecule has 1 fully saturated rings. The van der Waals surface area contributed by atoms with Crippen molar-refractivity contribution in [3.05, 3.63) is 92.9 Å². The Kier molecular flexibility index (Phi) is 6.58. The lowest BCUT2D eigenvalue weighted by Gasteiger charge is -2.27. The molecule has 0 radical (unpaired) electrons. The average molecular weight is 504 g/mol. The van der Waals surface area contributed by atoms with Gasteiger partial charge in [-0.2, -0.15) is 0 Å². The Hall–Kier alpha value is -2.77. The van der Waals surface area contributed by atoms with E-state index in [9.17, 15) is 14.4 Å². The number of benzene rings is 3. The Morgan fingerprint density at radius 3 is 2.31 bits per heavy atom. The highest BCUT2D eigenvalue weighted by Crippen LogP contribution is 2.35. The van der Waals surface area contributed by atoms with Crippen LogP contribution < -0.4 is 10.2 Å². The average Bonchev–Trinajstić information content (AvgIpc) is 2.76. The van der Waals surface area contributed by atoms with Gasteiger partial charge in [0.1, 0.15) is 5.57 Å². The number of urea groups is 1. The molecule has 9 heteroatoms. The van der Waals surface area contributed by atoms with Gasteiger partial charge < -0.3 is 0 Å². The summed E-state index contributed by atoms with van der Waals surface area (Å²) in [4.78, 5) is 40.7. The van der Waals surface area contributed by atoms with E-state index in [0.29, 0.717) is 10.6 Å². The Balaban J connectivity index is 1.73. The van der Waals surface area contributed by atoms with Gasteiger partial charge in [-0.1, -0.05) is 70.8 Å². The van der Waals surface area contributed by atoms with Crippen molar-refractivity contribution < 1.29 is 14.4 Å². The van der Waals surface area contributed by atoms with E-state index < -0.39 is 17.8 Å². The van der Waals surface area contributed by atoms with Gasteiger partial charge in [-0.3, -0.25) is 14.9 Å². The van der Waals surface area contributed by atoms with Gasteiger partial charge in [0.15, 0.2) is 0 Å². The molecule has 3 aromatic carbocycles. The lowest BCUT2D eigenvalue weighted by molar-refractivity contribution is -0.122. The minimum Gasteiger partial charge on any atom is -0.273 e. The number of hydrogen-bond acceptors (Lipinski definition) is 4. The van der Waals surface area contributed by atoms with Crippen LogP contribution in [0.15, 0.2) is 82.1 Å². The van der Waals surface area contributed by atoms with Crippen molar-refractivity contribution in [2.75, 3.05) is 4.90 Å². The van der Waals surface area contributed by atoms with Crippen molar-refractivity contribution >= 4 is 76.2 Å². The summed E-state index contributed by atoms with van der Waals surface area (Å²) in [5.74, 6) is -1.59. The summed E-state index contributed by atoms with van der Waals surface area (Å²) in [6, 6.07) is 18.3. The number of barbiturate groups is 1. The number of carbonyl (C=O) groups excluding carboxylic acids is 3. The minimum atomic E-state index is -0.898. The standard InChI is InChI=1S/C23H13Cl3N2O3S/c24-14-8-10-15(11-9-14)32-19-7-2-1-4-13(19)12-16-21(29)27-23(31)28(22(16)30)18-6-3-5-17(25)20(18)26/h1-12H,(H,27,29,31)/b16-12-. The Labute approximate surface area is 203 Å². The summed E-state index contributed by atoms with van der Waals surface area (Å²) < 4.78 is 0. The zero-order valence-electron chi connectivity index (χ0n) is 16.1. The first-order chi connectivity index (χ1) is 15.3. The van der Waals surface area contributed by atoms with Gasteiger partial charge in [-0.25, -0.2) is 9.69 Å². The molecule has 0 atom stereocenters. The molecule has 0 unspecified atom stereocenters. The van der Waals surface area contributed by atoms with E-state index in [1.165, 1.54) is 30.0 Å². The molecule has 0 saturated carbocycles. The fourth-order valence-corrected chi connectivity index (χ4v) is 4.44. The molecule has 3 aromatic rings. The summed E-state index contributed by atoms with van der Waals surface area (Å²) in [5.41, 5.74) is 0.520. The first kappa shape index (κ1) is 22.4. The molecule has 0 aromatic heterocycles. The zero-order chi connectivity index (χ0) is 22.8. The van der Waals surface area contributed by atoms with E-state index in [-0.39, 0.29) is 21.3 Å². The maximum atomic E-state index is 13.2. The molecule has 32 heavy (non-hydrogen) atoms. The van der Waals surface area contributed by atoms with Crippen LogP contribution in [0.25, 0.3) is 6.08 Å². The summed E-state index contributed by atoms with van der Waals surface area (Å²) in [7, 11) is 0. The molecule has 1 heterocycles. The predicted octanol–water partition coefficient (Wildman–Crippen LogP) is 6.46. The third-order valence-corrected chi connectivity index (χ3v) is 6.69. The van der Waals surface area contributed by atoms with Gasteiger partial charge in [-0.05, 0) is 54.1 Å². The summed E-state index contributed by atoms with van der Waals surface area (Å²) in [6.45, 7) is 0. The van der Waals surface area contributed by atoms with Crippen LogP contribution in [0.2, 0.25) is 15.1 Å². The molecule has 160 valence electrons. The molecule has 5 nitrogen and oxygen atoms in total. The van der Waals surface area contributed by atoms with E-state index >= 15 is 0 Å². The number of hydrogen-bond donors (Lipinski definition) is 1. The van der Waals surface area contributed by atoms with Crippen LogP contribution in [0, 0.1) is 0 Å². The predicted molar refractivity (Wildman–Crippen MR) is 127 cm³/mol. The molecule has 1 aliphatic heterocycles. The second-order valence-electron chi connectivity index (χ2n) is 6.62. The monoisotopic (exact) mass is 502 g/mol. The van der Waals surface area contributed by atoms with E-state index in [2.05, 4.69) is 5.32 Å². The summed E-state index contributed by atoms with van der Waals surface area (Å²) in [6.07, 6.45) is 1.45. The molecular weight excluding hydrogens is 491 g/mol. The van der Waals surface area contributed by atoms with E-state index in [4.69, 9.17) is 34.8 Å². The third kappa shape index (κ3) is 4.54. The Bertz CT molecular complexity index is 1280. The lowest BCUT2D eigenvalue weighted by atomic mass is 10.1. The van der Waals surface area contributed by atoms with E-state index in [0.717, 1.165) is 14.7 Å². The van der Waals surface area contributed by atoms with Crippen LogP contribution in [0.1, 0.15) is 5.56 Å². The normalized spacial score (nSPS) is 15.3. The van der Waals surface area contributed by atoms with Crippen molar-refractivity contribution in [3.63, 3.8) is 0 Å². The first-order valence-electron chi connectivity index (χ1n) is 9.23. The van der Waals surface area contributed by atoms with Crippen molar-refractivity contribution in [1.29, 1.82) is 0 Å². The zero-order valence-corrected chi connectivity index (χ0v) is 19.2. The summed E-state index contributed by atoms with van der Waals surface area (Å²) in [5, 5.41) is 3.02. The van der Waals surface area contributed by atoms with Crippen LogP contribution in [0.3, 0.4) is 0 Å². The van der Waals surface area contributed by atoms with Crippen molar-refractivity contribution in [2.45, 2.75) is 9.79 Å². The first-order valence-corrected chi connectivity index (χ1v) is 11.2. The van der Waals surface area contributed by atoms with Gasteiger partial charge in [0.2, 0.25) is 0 Å². The second-order valence-corrected chi connectivity index (χ2v) is 8.96. The molecular formula is C23H13Cl3N2O3S. The maximum absolute atomic E-state index is 13.2. The van der Waals surface area contributed by atoms with Crippen LogP contribution in [-0.4, -0.2) is 17.8 Å². The number of imide groups is 2. The lowest BCUT2D eigenvalue weighted by Crippen LogP contribution is -2.54. The number of nitrogens with zero attached hydrogens (tertiary/aromatic N) is 1. The smallest absolute Gasteiger partial charge is 0.273 e. The fourth-order valence-electron chi connectivity index (χ4n) is 3.02. The number of carbonyl (C=O) groups is 3. The molecule has 4 rings (SSSR count). The number of rotatable bonds is 4. The molecule has 1 aliphatic rings. The minimum absolute atomic E-state index is 0.0325. The summed E-state index contributed by atoms with van der Waals surface area (Å²) >= 11 is 19.6. The number of halogens is 3. The van der Waals surface area contributed by atoms with Gasteiger partial charge in [0.05, 0.1) is 15.7 Å². The topological polar surface area (TPSA) is 66.5 Å². The van der Waals surface area contributed by atoms with Crippen molar-refractivity contribution in [2.24, 2.45) is 0 Å². The van der Waals surface area contributed by atoms with Crippen LogP contribution in [-0.2, 0) is 9.59 Å². The third-order valence-electron chi connectivity index (χ3n) is 4.53. The van der Waals surface area contributed by atoms with Crippen LogP contribution >= 0.6 is 46.6 Å². The van der Waals surface area contributed by atoms with E-state index in [1.807, 2.05) is 24.3 Å². The quantitative estimate of drug-likeness (QED) is 0.327. The number of amides is 4. The SMILES string of the molecule is O=C1NC(=O)N(c2cccc(Cl)c2Cl)C(=O)/C1=C\c1ccccc1Sc1ccc(Cl)cc1. The number of anilines is 1. The molecule has 4 amide bonds. The van der Waals surface area contributed by atoms with Gasteiger partial charge in [-0.15, -0.1) is 0 Å². The fraction of sp³-hybridized carbons (Fsp3) is 0. The molecule has 0 aliphatic carbocycles. The highest BCUT2D eigenvalue weighted by atomic mass is 35.5. The van der Waals surface area contributed by atoms with Crippen molar-refractivity contribution in [1.82, 2.24) is 5.32 Å². The van der Waals surface area contributed by atoms with Crippen molar-refractivity contribution in [3.8, 4) is 0 Å². The van der Waals surface area contributed by atoms with Gasteiger partial charge >= 0.3 is 6.03 Å².